The molecule has 0 amide bonds. The van der Waals surface area contributed by atoms with Crippen molar-refractivity contribution in [3.63, 3.8) is 0 Å². The Hall–Kier alpha value is -0.220. The highest BCUT2D eigenvalue weighted by atomic mass is 79.9. The highest BCUT2D eigenvalue weighted by Gasteiger charge is 2.53. The van der Waals surface area contributed by atoms with Crippen LogP contribution in [-0.2, 0) is 0 Å². The van der Waals surface area contributed by atoms with Crippen molar-refractivity contribution in [3.05, 3.63) is 22.7 Å². The van der Waals surface area contributed by atoms with Crippen molar-refractivity contribution in [2.75, 3.05) is 7.11 Å². The van der Waals surface area contributed by atoms with Gasteiger partial charge in [0.15, 0.2) is 11.5 Å². The van der Waals surface area contributed by atoms with E-state index in [1.165, 1.54) is 0 Å². The summed E-state index contributed by atoms with van der Waals surface area (Å²) < 4.78 is 12.6. The molecule has 0 heterocycles. The number of rotatable bonds is 5. The molecule has 2 rings (SSSR count). The normalized spacial score (nSPS) is 24.7. The first-order valence-electron chi connectivity index (χ1n) is 6.72. The van der Waals surface area contributed by atoms with E-state index in [2.05, 4.69) is 45.7 Å². The summed E-state index contributed by atoms with van der Waals surface area (Å²) in [5, 5.41) is 0. The Morgan fingerprint density at radius 3 is 2.53 bits per heavy atom. The molecule has 19 heavy (non-hydrogen) atoms. The molecule has 1 aliphatic carbocycles. The second-order valence-corrected chi connectivity index (χ2v) is 6.98. The summed E-state index contributed by atoms with van der Waals surface area (Å²) in [6.07, 6.45) is 3.54. The monoisotopic (exact) mass is 390 g/mol. The van der Waals surface area contributed by atoms with Crippen molar-refractivity contribution in [1.82, 2.24) is 0 Å². The van der Waals surface area contributed by atoms with Crippen LogP contribution in [0.2, 0.25) is 0 Å². The molecule has 0 saturated heterocycles. The van der Waals surface area contributed by atoms with Crippen molar-refractivity contribution in [3.8, 4) is 11.5 Å². The summed E-state index contributed by atoms with van der Waals surface area (Å²) in [7, 11) is 1.68. The van der Waals surface area contributed by atoms with Crippen molar-refractivity contribution >= 4 is 31.9 Å². The average molecular weight is 392 g/mol. The highest BCUT2D eigenvalue weighted by molar-refractivity contribution is 9.10. The van der Waals surface area contributed by atoms with Gasteiger partial charge in [0.1, 0.15) is 6.10 Å². The summed E-state index contributed by atoms with van der Waals surface area (Å²) >= 11 is 7.34. The van der Waals surface area contributed by atoms with Gasteiger partial charge < -0.3 is 9.47 Å². The minimum Gasteiger partial charge on any atom is -0.493 e. The average Bonchev–Trinajstić information content (AvgIpc) is 2.41. The number of halogens is 2. The Kier molecular flexibility index (Phi) is 4.83. The van der Waals surface area contributed by atoms with Crippen LogP contribution in [0.1, 0.15) is 33.1 Å². The number of para-hydroxylation sites is 1. The molecule has 1 aromatic rings. The first-order valence-corrected chi connectivity index (χ1v) is 8.43. The zero-order chi connectivity index (χ0) is 14.0. The molecule has 2 unspecified atom stereocenters. The van der Waals surface area contributed by atoms with E-state index < -0.39 is 0 Å². The van der Waals surface area contributed by atoms with Gasteiger partial charge in [-0.25, -0.2) is 0 Å². The van der Waals surface area contributed by atoms with Gasteiger partial charge in [-0.2, -0.15) is 0 Å². The molecule has 0 spiro atoms. The summed E-state index contributed by atoms with van der Waals surface area (Å²) in [6.45, 7) is 4.48. The van der Waals surface area contributed by atoms with E-state index in [4.69, 9.17) is 9.47 Å². The lowest BCUT2D eigenvalue weighted by atomic mass is 9.62. The Morgan fingerprint density at radius 2 is 2.00 bits per heavy atom. The fourth-order valence-corrected chi connectivity index (χ4v) is 4.64. The van der Waals surface area contributed by atoms with Crippen LogP contribution >= 0.6 is 31.9 Å². The molecule has 2 atom stereocenters. The Morgan fingerprint density at radius 1 is 1.32 bits per heavy atom. The van der Waals surface area contributed by atoms with Crippen molar-refractivity contribution in [2.45, 2.75) is 44.0 Å². The lowest BCUT2D eigenvalue weighted by Crippen LogP contribution is -2.56. The topological polar surface area (TPSA) is 18.5 Å². The second kappa shape index (κ2) is 6.04. The van der Waals surface area contributed by atoms with Gasteiger partial charge in [-0.3, -0.25) is 0 Å². The largest absolute Gasteiger partial charge is 0.493 e. The third-order valence-corrected chi connectivity index (χ3v) is 6.32. The third kappa shape index (κ3) is 2.54. The molecule has 0 radical (unpaired) electrons. The van der Waals surface area contributed by atoms with E-state index >= 15 is 0 Å². The zero-order valence-corrected chi connectivity index (χ0v) is 14.8. The molecule has 2 nitrogen and oxygen atoms in total. The second-order valence-electron chi connectivity index (χ2n) is 5.02. The van der Waals surface area contributed by atoms with Gasteiger partial charge >= 0.3 is 0 Å². The molecule has 4 heteroatoms. The molecule has 0 bridgehead atoms. The van der Waals surface area contributed by atoms with Crippen LogP contribution in [0.5, 0.6) is 11.5 Å². The van der Waals surface area contributed by atoms with Crippen LogP contribution in [0.3, 0.4) is 0 Å². The maximum absolute atomic E-state index is 6.27. The van der Waals surface area contributed by atoms with E-state index in [1.807, 2.05) is 18.2 Å². The molecule has 0 aliphatic heterocycles. The van der Waals surface area contributed by atoms with Crippen LogP contribution in [0.4, 0.5) is 0 Å². The Bertz CT molecular complexity index is 444. The van der Waals surface area contributed by atoms with Crippen LogP contribution in [0.25, 0.3) is 0 Å². The number of methoxy groups -OCH3 is 1. The van der Waals surface area contributed by atoms with Crippen LogP contribution in [-0.4, -0.2) is 18.0 Å². The summed E-state index contributed by atoms with van der Waals surface area (Å²) in [5.41, 5.74) is 0.236. The fraction of sp³-hybridized carbons (Fsp3) is 0.600. The summed E-state index contributed by atoms with van der Waals surface area (Å²) in [5.74, 6) is 1.61. The van der Waals surface area contributed by atoms with Gasteiger partial charge in [0, 0.05) is 10.2 Å². The first-order chi connectivity index (χ1) is 9.08. The van der Waals surface area contributed by atoms with Crippen molar-refractivity contribution < 1.29 is 9.47 Å². The fourth-order valence-electron chi connectivity index (χ4n) is 2.92. The molecule has 0 N–H and O–H groups in total. The molecule has 1 saturated carbocycles. The molecule has 0 aromatic heterocycles. The molecule has 1 aromatic carbocycles. The quantitative estimate of drug-likeness (QED) is 0.644. The van der Waals surface area contributed by atoms with Crippen LogP contribution in [0.15, 0.2) is 22.7 Å². The van der Waals surface area contributed by atoms with Gasteiger partial charge in [0.2, 0.25) is 0 Å². The first kappa shape index (κ1) is 15.2. The molecular formula is C15H20Br2O2. The number of hydrogen-bond acceptors (Lipinski definition) is 2. The summed E-state index contributed by atoms with van der Waals surface area (Å²) in [4.78, 5) is 0.550. The number of hydrogen-bond donors (Lipinski definition) is 0. The Labute approximate surface area is 132 Å². The maximum Gasteiger partial charge on any atom is 0.175 e. The van der Waals surface area contributed by atoms with E-state index in [0.29, 0.717) is 4.83 Å². The van der Waals surface area contributed by atoms with E-state index in [-0.39, 0.29) is 11.5 Å². The zero-order valence-electron chi connectivity index (χ0n) is 11.6. The summed E-state index contributed by atoms with van der Waals surface area (Å²) in [6, 6.07) is 5.88. The van der Waals surface area contributed by atoms with Crippen molar-refractivity contribution in [2.24, 2.45) is 5.41 Å². The number of benzene rings is 1. The molecule has 1 aliphatic rings. The number of ether oxygens (including phenoxy) is 2. The van der Waals surface area contributed by atoms with Crippen LogP contribution in [0, 0.1) is 5.41 Å². The smallest absolute Gasteiger partial charge is 0.175 e. The maximum atomic E-state index is 6.27. The predicted octanol–water partition coefficient (Wildman–Crippen LogP) is 5.18. The van der Waals surface area contributed by atoms with E-state index in [9.17, 15) is 0 Å². The van der Waals surface area contributed by atoms with Crippen molar-refractivity contribution in [1.29, 1.82) is 0 Å². The minimum absolute atomic E-state index is 0.236. The standard InChI is InChI=1S/C15H20Br2O2/c1-4-15(5-2)12(17)9-13(15)19-14-10(16)7-6-8-11(14)18-3/h6-8,12-13H,4-5,9H2,1-3H3. The molecule has 106 valence electrons. The highest BCUT2D eigenvalue weighted by Crippen LogP contribution is 2.53. The van der Waals surface area contributed by atoms with Gasteiger partial charge in [0.25, 0.3) is 0 Å². The van der Waals surface area contributed by atoms with Gasteiger partial charge in [0.05, 0.1) is 11.6 Å². The lowest BCUT2D eigenvalue weighted by molar-refractivity contribution is -0.0426. The van der Waals surface area contributed by atoms with E-state index in [0.717, 1.165) is 35.2 Å². The van der Waals surface area contributed by atoms with Gasteiger partial charge in [-0.05, 0) is 47.3 Å². The Balaban J connectivity index is 2.23. The molecular weight excluding hydrogens is 372 g/mol. The van der Waals surface area contributed by atoms with Gasteiger partial charge in [-0.1, -0.05) is 35.8 Å². The third-order valence-electron chi connectivity index (χ3n) is 4.41. The molecule has 1 fully saturated rings. The SMILES string of the molecule is CCC1(CC)C(Br)CC1Oc1c(Br)cccc1OC. The van der Waals surface area contributed by atoms with Crippen LogP contribution < -0.4 is 9.47 Å². The van der Waals surface area contributed by atoms with E-state index in [1.54, 1.807) is 7.11 Å². The lowest BCUT2D eigenvalue weighted by Gasteiger charge is -2.52. The number of alkyl halides is 1. The predicted molar refractivity (Wildman–Crippen MR) is 85.5 cm³/mol. The minimum atomic E-state index is 0.236. The van der Waals surface area contributed by atoms with Gasteiger partial charge in [-0.15, -0.1) is 0 Å².